The lowest BCUT2D eigenvalue weighted by Gasteiger charge is -2.14. The van der Waals surface area contributed by atoms with Crippen molar-refractivity contribution in [1.82, 2.24) is 10.3 Å². The molecule has 1 aliphatic heterocycles. The molecule has 0 saturated heterocycles. The van der Waals surface area contributed by atoms with E-state index in [1.165, 1.54) is 0 Å². The van der Waals surface area contributed by atoms with Gasteiger partial charge in [0.2, 0.25) is 5.88 Å². The van der Waals surface area contributed by atoms with Gasteiger partial charge in [0.15, 0.2) is 0 Å². The molecule has 0 fully saturated rings. The first kappa shape index (κ1) is 6.15. The Labute approximate surface area is 63.2 Å². The molecule has 1 aliphatic rings. The van der Waals surface area contributed by atoms with Crippen LogP contribution >= 0.6 is 0 Å². The van der Waals surface area contributed by atoms with Gasteiger partial charge in [-0.2, -0.15) is 0 Å². The summed E-state index contributed by atoms with van der Waals surface area (Å²) in [5, 5.41) is 2.54. The Morgan fingerprint density at radius 1 is 1.64 bits per heavy atom. The van der Waals surface area contributed by atoms with Crippen molar-refractivity contribution in [2.24, 2.45) is 0 Å². The van der Waals surface area contributed by atoms with Gasteiger partial charge in [-0.25, -0.2) is 9.78 Å². The number of aromatic nitrogens is 1. The molecule has 11 heavy (non-hydrogen) atoms. The number of hydrogen-bond acceptors (Lipinski definition) is 3. The number of carbonyl (C=O) groups is 1. The SMILES string of the molecule is O=C1NCc2cccnc2O1. The fourth-order valence-electron chi connectivity index (χ4n) is 0.942. The van der Waals surface area contributed by atoms with Crippen LogP contribution in [0.1, 0.15) is 5.56 Å². The fraction of sp³-hybridized carbons (Fsp3) is 0.143. The Morgan fingerprint density at radius 2 is 2.55 bits per heavy atom. The molecular weight excluding hydrogens is 144 g/mol. The monoisotopic (exact) mass is 150 g/mol. The Kier molecular flexibility index (Phi) is 1.25. The summed E-state index contributed by atoms with van der Waals surface area (Å²) in [7, 11) is 0. The topological polar surface area (TPSA) is 51.2 Å². The van der Waals surface area contributed by atoms with Crippen molar-refractivity contribution in [3.8, 4) is 5.88 Å². The molecule has 0 bridgehead atoms. The van der Waals surface area contributed by atoms with Crippen molar-refractivity contribution in [3.05, 3.63) is 23.9 Å². The number of carbonyl (C=O) groups excluding carboxylic acids is 1. The van der Waals surface area contributed by atoms with E-state index in [9.17, 15) is 4.79 Å². The molecule has 56 valence electrons. The summed E-state index contributed by atoms with van der Waals surface area (Å²) in [5.41, 5.74) is 0.909. The molecule has 1 aromatic heterocycles. The quantitative estimate of drug-likeness (QED) is 0.591. The first-order chi connectivity index (χ1) is 5.36. The molecule has 0 spiro atoms. The lowest BCUT2D eigenvalue weighted by molar-refractivity contribution is 0.192. The van der Waals surface area contributed by atoms with Gasteiger partial charge in [0.05, 0.1) is 6.54 Å². The van der Waals surface area contributed by atoms with Crippen LogP contribution in [-0.4, -0.2) is 11.1 Å². The number of fused-ring (bicyclic) bond motifs is 1. The largest absolute Gasteiger partial charge is 0.414 e. The van der Waals surface area contributed by atoms with Gasteiger partial charge in [-0.05, 0) is 6.07 Å². The number of ether oxygens (including phenoxy) is 1. The Balaban J connectivity index is 2.41. The predicted octanol–water partition coefficient (Wildman–Crippen LogP) is 0.684. The second-order valence-corrected chi connectivity index (χ2v) is 2.21. The standard InChI is InChI=1S/C7H6N2O2/c10-7-9-4-5-2-1-3-8-6(5)11-7/h1-3H,4H2,(H,9,10). The Bertz CT molecular complexity index is 298. The second-order valence-electron chi connectivity index (χ2n) is 2.21. The molecule has 0 aromatic carbocycles. The summed E-state index contributed by atoms with van der Waals surface area (Å²) >= 11 is 0. The molecule has 0 aliphatic carbocycles. The van der Waals surface area contributed by atoms with E-state index in [4.69, 9.17) is 4.74 Å². The van der Waals surface area contributed by atoms with Gasteiger partial charge in [-0.1, -0.05) is 6.07 Å². The van der Waals surface area contributed by atoms with Crippen LogP contribution in [0.15, 0.2) is 18.3 Å². The smallest absolute Gasteiger partial charge is 0.391 e. The summed E-state index contributed by atoms with van der Waals surface area (Å²) in [6.45, 7) is 0.502. The molecule has 2 rings (SSSR count). The molecule has 0 atom stereocenters. The molecule has 1 N–H and O–H groups in total. The molecule has 0 unspecified atom stereocenters. The van der Waals surface area contributed by atoms with E-state index in [2.05, 4.69) is 10.3 Å². The molecule has 4 heteroatoms. The minimum absolute atomic E-state index is 0.413. The maximum Gasteiger partial charge on any atom is 0.414 e. The lowest BCUT2D eigenvalue weighted by atomic mass is 10.2. The molecule has 1 aromatic rings. The summed E-state index contributed by atoms with van der Waals surface area (Å²) in [6, 6.07) is 3.67. The van der Waals surface area contributed by atoms with E-state index < -0.39 is 6.09 Å². The van der Waals surface area contributed by atoms with Crippen LogP contribution in [0.4, 0.5) is 4.79 Å². The fourth-order valence-corrected chi connectivity index (χ4v) is 0.942. The van der Waals surface area contributed by atoms with Gasteiger partial charge >= 0.3 is 6.09 Å². The molecular formula is C7H6N2O2. The minimum atomic E-state index is -0.434. The molecule has 4 nitrogen and oxygen atoms in total. The third-order valence-electron chi connectivity index (χ3n) is 1.46. The average molecular weight is 150 g/mol. The van der Waals surface area contributed by atoms with Crippen molar-refractivity contribution in [2.45, 2.75) is 6.54 Å². The lowest BCUT2D eigenvalue weighted by Crippen LogP contribution is -2.31. The van der Waals surface area contributed by atoms with E-state index in [0.717, 1.165) is 5.56 Å². The minimum Gasteiger partial charge on any atom is -0.391 e. The Hall–Kier alpha value is -1.58. The number of nitrogens with zero attached hydrogens (tertiary/aromatic N) is 1. The summed E-state index contributed by atoms with van der Waals surface area (Å²) in [6.07, 6.45) is 1.16. The maximum atomic E-state index is 10.7. The number of nitrogens with one attached hydrogen (secondary N) is 1. The Morgan fingerprint density at radius 3 is 3.45 bits per heavy atom. The average Bonchev–Trinajstić information content (AvgIpc) is 2.04. The van der Waals surface area contributed by atoms with Gasteiger partial charge in [0.1, 0.15) is 0 Å². The highest BCUT2D eigenvalue weighted by Gasteiger charge is 2.15. The van der Waals surface area contributed by atoms with Crippen LogP contribution in [0.25, 0.3) is 0 Å². The van der Waals surface area contributed by atoms with Crippen LogP contribution in [0.2, 0.25) is 0 Å². The van der Waals surface area contributed by atoms with E-state index in [0.29, 0.717) is 12.4 Å². The maximum absolute atomic E-state index is 10.7. The van der Waals surface area contributed by atoms with Gasteiger partial charge in [-0.3, -0.25) is 0 Å². The van der Waals surface area contributed by atoms with Crippen LogP contribution in [0.5, 0.6) is 5.88 Å². The zero-order valence-corrected chi connectivity index (χ0v) is 5.70. The third kappa shape index (κ3) is 1.02. The predicted molar refractivity (Wildman–Crippen MR) is 37.1 cm³/mol. The highest BCUT2D eigenvalue weighted by Crippen LogP contribution is 2.16. The van der Waals surface area contributed by atoms with Gasteiger partial charge < -0.3 is 10.1 Å². The van der Waals surface area contributed by atoms with Gasteiger partial charge in [0, 0.05) is 11.8 Å². The van der Waals surface area contributed by atoms with Gasteiger partial charge in [-0.15, -0.1) is 0 Å². The normalized spacial score (nSPS) is 14.7. The van der Waals surface area contributed by atoms with E-state index in [-0.39, 0.29) is 0 Å². The first-order valence-electron chi connectivity index (χ1n) is 3.26. The van der Waals surface area contributed by atoms with Crippen molar-refractivity contribution in [3.63, 3.8) is 0 Å². The highest BCUT2D eigenvalue weighted by molar-refractivity contribution is 5.72. The molecule has 0 saturated carbocycles. The number of hydrogen-bond donors (Lipinski definition) is 1. The molecule has 1 amide bonds. The number of pyridine rings is 1. The van der Waals surface area contributed by atoms with Crippen molar-refractivity contribution < 1.29 is 9.53 Å². The first-order valence-corrected chi connectivity index (χ1v) is 3.26. The summed E-state index contributed by atoms with van der Waals surface area (Å²) in [4.78, 5) is 14.5. The van der Waals surface area contributed by atoms with Crippen molar-refractivity contribution >= 4 is 6.09 Å². The number of amides is 1. The zero-order valence-electron chi connectivity index (χ0n) is 5.70. The van der Waals surface area contributed by atoms with E-state index >= 15 is 0 Å². The van der Waals surface area contributed by atoms with Gasteiger partial charge in [0.25, 0.3) is 0 Å². The summed E-state index contributed by atoms with van der Waals surface area (Å²) < 4.78 is 4.77. The second kappa shape index (κ2) is 2.23. The summed E-state index contributed by atoms with van der Waals surface area (Å²) in [5.74, 6) is 0.413. The van der Waals surface area contributed by atoms with Crippen molar-refractivity contribution in [2.75, 3.05) is 0 Å². The van der Waals surface area contributed by atoms with E-state index in [1.54, 1.807) is 12.3 Å². The molecule has 2 heterocycles. The van der Waals surface area contributed by atoms with Crippen LogP contribution < -0.4 is 10.1 Å². The highest BCUT2D eigenvalue weighted by atomic mass is 16.6. The van der Waals surface area contributed by atoms with Crippen molar-refractivity contribution in [1.29, 1.82) is 0 Å². The van der Waals surface area contributed by atoms with Crippen LogP contribution in [0, 0.1) is 0 Å². The number of rotatable bonds is 0. The zero-order chi connectivity index (χ0) is 7.68. The van der Waals surface area contributed by atoms with Crippen LogP contribution in [0.3, 0.4) is 0 Å². The third-order valence-corrected chi connectivity index (χ3v) is 1.46. The van der Waals surface area contributed by atoms with E-state index in [1.807, 2.05) is 6.07 Å². The van der Waals surface area contributed by atoms with Crippen LogP contribution in [-0.2, 0) is 6.54 Å². The molecule has 0 radical (unpaired) electrons.